The van der Waals surface area contributed by atoms with Crippen molar-refractivity contribution in [1.82, 2.24) is 14.7 Å². The summed E-state index contributed by atoms with van der Waals surface area (Å²) in [5, 5.41) is 14.2. The Kier molecular flexibility index (Phi) is 5.76. The SMILES string of the molecule is C[C@H](Cn1cc(Cl)cn1)C(=O)N(CCO)[C@H]1CCCc2ccccc21. The number of rotatable bonds is 6. The smallest absolute Gasteiger partial charge is 0.227 e. The van der Waals surface area contributed by atoms with Crippen molar-refractivity contribution in [1.29, 1.82) is 0 Å². The number of fused-ring (bicyclic) bond motifs is 1. The van der Waals surface area contributed by atoms with Gasteiger partial charge in [-0.25, -0.2) is 0 Å². The topological polar surface area (TPSA) is 58.4 Å². The van der Waals surface area contributed by atoms with Crippen molar-refractivity contribution in [3.05, 3.63) is 52.8 Å². The molecule has 0 radical (unpaired) electrons. The van der Waals surface area contributed by atoms with Crippen LogP contribution < -0.4 is 0 Å². The number of aliphatic hydroxyl groups is 1. The van der Waals surface area contributed by atoms with Gasteiger partial charge in [0, 0.05) is 12.7 Å². The molecule has 0 bridgehead atoms. The lowest BCUT2D eigenvalue weighted by molar-refractivity contribution is -0.139. The van der Waals surface area contributed by atoms with Crippen molar-refractivity contribution < 1.29 is 9.90 Å². The summed E-state index contributed by atoms with van der Waals surface area (Å²) >= 11 is 5.90. The normalized spacial score (nSPS) is 17.8. The highest BCUT2D eigenvalue weighted by atomic mass is 35.5. The number of carbonyl (C=O) groups is 1. The summed E-state index contributed by atoms with van der Waals surface area (Å²) in [7, 11) is 0. The maximum Gasteiger partial charge on any atom is 0.227 e. The third kappa shape index (κ3) is 4.05. The highest BCUT2D eigenvalue weighted by Crippen LogP contribution is 2.35. The van der Waals surface area contributed by atoms with Crippen LogP contribution in [0.15, 0.2) is 36.7 Å². The summed E-state index contributed by atoms with van der Waals surface area (Å²) in [5.41, 5.74) is 2.52. The van der Waals surface area contributed by atoms with Gasteiger partial charge in [0.05, 0.1) is 36.3 Å². The van der Waals surface area contributed by atoms with Gasteiger partial charge >= 0.3 is 0 Å². The van der Waals surface area contributed by atoms with Crippen LogP contribution >= 0.6 is 11.6 Å². The molecule has 2 atom stereocenters. The monoisotopic (exact) mass is 361 g/mol. The van der Waals surface area contributed by atoms with Crippen molar-refractivity contribution in [3.63, 3.8) is 0 Å². The van der Waals surface area contributed by atoms with Gasteiger partial charge in [0.25, 0.3) is 0 Å². The Morgan fingerprint density at radius 2 is 2.28 bits per heavy atom. The van der Waals surface area contributed by atoms with Crippen molar-refractivity contribution in [2.75, 3.05) is 13.2 Å². The van der Waals surface area contributed by atoms with Crippen LogP contribution in [-0.4, -0.2) is 38.8 Å². The molecule has 1 aromatic heterocycles. The van der Waals surface area contributed by atoms with E-state index in [1.807, 2.05) is 24.0 Å². The van der Waals surface area contributed by atoms with E-state index in [-0.39, 0.29) is 24.5 Å². The summed E-state index contributed by atoms with van der Waals surface area (Å²) in [6, 6.07) is 8.35. The van der Waals surface area contributed by atoms with Crippen LogP contribution in [0.3, 0.4) is 0 Å². The Morgan fingerprint density at radius 3 is 3.00 bits per heavy atom. The van der Waals surface area contributed by atoms with E-state index in [1.165, 1.54) is 11.1 Å². The van der Waals surface area contributed by atoms with Crippen LogP contribution in [0.25, 0.3) is 0 Å². The molecule has 134 valence electrons. The van der Waals surface area contributed by atoms with Crippen molar-refractivity contribution in [3.8, 4) is 0 Å². The molecule has 0 spiro atoms. The Labute approximate surface area is 153 Å². The minimum absolute atomic E-state index is 0.0354. The lowest BCUT2D eigenvalue weighted by Crippen LogP contribution is -2.42. The van der Waals surface area contributed by atoms with Crippen LogP contribution in [0.5, 0.6) is 0 Å². The molecule has 1 amide bonds. The van der Waals surface area contributed by atoms with Crippen molar-refractivity contribution >= 4 is 17.5 Å². The van der Waals surface area contributed by atoms with E-state index in [1.54, 1.807) is 17.1 Å². The van der Waals surface area contributed by atoms with Gasteiger partial charge in [-0.3, -0.25) is 9.48 Å². The molecule has 1 heterocycles. The van der Waals surface area contributed by atoms with Crippen LogP contribution in [0.2, 0.25) is 5.02 Å². The van der Waals surface area contributed by atoms with Crippen molar-refractivity contribution in [2.24, 2.45) is 5.92 Å². The highest BCUT2D eigenvalue weighted by Gasteiger charge is 2.31. The zero-order chi connectivity index (χ0) is 17.8. The molecule has 1 aliphatic carbocycles. The lowest BCUT2D eigenvalue weighted by Gasteiger charge is -2.37. The zero-order valence-electron chi connectivity index (χ0n) is 14.4. The predicted octanol–water partition coefficient (Wildman–Crippen LogP) is 3.07. The lowest BCUT2D eigenvalue weighted by atomic mass is 9.86. The summed E-state index contributed by atoms with van der Waals surface area (Å²) in [6.45, 7) is 2.69. The molecule has 2 aromatic rings. The standard InChI is InChI=1S/C19H24ClN3O2/c1-14(12-22-13-16(20)11-21-22)19(25)23(9-10-24)18-8-4-6-15-5-2-3-7-17(15)18/h2-3,5,7,11,13-14,18,24H,4,6,8-10,12H2,1H3/t14-,18+/m1/s1. The van der Waals surface area contributed by atoms with Gasteiger partial charge in [0.15, 0.2) is 0 Å². The molecule has 5 nitrogen and oxygen atoms in total. The Morgan fingerprint density at radius 1 is 1.48 bits per heavy atom. The molecular weight excluding hydrogens is 338 g/mol. The average molecular weight is 362 g/mol. The van der Waals surface area contributed by atoms with E-state index >= 15 is 0 Å². The number of nitrogens with zero attached hydrogens (tertiary/aromatic N) is 3. The fraction of sp³-hybridized carbons (Fsp3) is 0.474. The number of amides is 1. The average Bonchev–Trinajstić information content (AvgIpc) is 3.03. The van der Waals surface area contributed by atoms with Crippen LogP contribution in [0.4, 0.5) is 0 Å². The highest BCUT2D eigenvalue weighted by molar-refractivity contribution is 6.30. The Hall–Kier alpha value is -1.85. The van der Waals surface area contributed by atoms with Gasteiger partial charge in [0.1, 0.15) is 0 Å². The summed E-state index contributed by atoms with van der Waals surface area (Å²) in [6.07, 6.45) is 6.33. The van der Waals surface area contributed by atoms with Crippen LogP contribution in [0, 0.1) is 5.92 Å². The van der Waals surface area contributed by atoms with E-state index in [0.717, 1.165) is 19.3 Å². The quantitative estimate of drug-likeness (QED) is 0.860. The molecule has 6 heteroatoms. The van der Waals surface area contributed by atoms with Crippen molar-refractivity contribution in [2.45, 2.75) is 38.8 Å². The summed E-state index contributed by atoms with van der Waals surface area (Å²) in [5.74, 6) is -0.195. The number of aryl methyl sites for hydroxylation is 1. The maximum absolute atomic E-state index is 13.1. The van der Waals surface area contributed by atoms with Gasteiger partial charge in [-0.15, -0.1) is 0 Å². The molecule has 1 aliphatic rings. The van der Waals surface area contributed by atoms with E-state index in [4.69, 9.17) is 11.6 Å². The second-order valence-corrected chi connectivity index (χ2v) is 7.08. The third-order valence-electron chi connectivity index (χ3n) is 4.82. The molecule has 1 N–H and O–H groups in total. The van der Waals surface area contributed by atoms with E-state index in [0.29, 0.717) is 18.1 Å². The van der Waals surface area contributed by atoms with E-state index < -0.39 is 0 Å². The molecule has 25 heavy (non-hydrogen) atoms. The number of hydrogen-bond acceptors (Lipinski definition) is 3. The second-order valence-electron chi connectivity index (χ2n) is 6.64. The van der Waals surface area contributed by atoms with E-state index in [2.05, 4.69) is 17.2 Å². The molecular formula is C19H24ClN3O2. The van der Waals surface area contributed by atoms with Gasteiger partial charge < -0.3 is 10.0 Å². The molecule has 0 fully saturated rings. The molecule has 0 saturated carbocycles. The molecule has 0 aliphatic heterocycles. The number of benzene rings is 1. The third-order valence-corrected chi connectivity index (χ3v) is 5.02. The minimum Gasteiger partial charge on any atom is -0.395 e. The predicted molar refractivity (Wildman–Crippen MR) is 97.3 cm³/mol. The minimum atomic E-state index is -0.239. The Bertz CT molecular complexity index is 731. The first-order chi connectivity index (χ1) is 12.1. The Balaban J connectivity index is 1.79. The molecule has 0 saturated heterocycles. The maximum atomic E-state index is 13.1. The van der Waals surface area contributed by atoms with Crippen LogP contribution in [0.1, 0.15) is 36.9 Å². The molecule has 1 aromatic carbocycles. The van der Waals surface area contributed by atoms with Gasteiger partial charge in [-0.1, -0.05) is 42.8 Å². The fourth-order valence-corrected chi connectivity index (χ4v) is 3.82. The van der Waals surface area contributed by atoms with Gasteiger partial charge in [-0.2, -0.15) is 5.10 Å². The zero-order valence-corrected chi connectivity index (χ0v) is 15.2. The summed E-state index contributed by atoms with van der Waals surface area (Å²) < 4.78 is 1.69. The van der Waals surface area contributed by atoms with Gasteiger partial charge in [0.2, 0.25) is 5.91 Å². The summed E-state index contributed by atoms with van der Waals surface area (Å²) in [4.78, 5) is 14.9. The fourth-order valence-electron chi connectivity index (χ4n) is 3.66. The first kappa shape index (κ1) is 18.0. The van der Waals surface area contributed by atoms with Gasteiger partial charge in [-0.05, 0) is 30.4 Å². The number of aromatic nitrogens is 2. The number of halogens is 1. The van der Waals surface area contributed by atoms with E-state index in [9.17, 15) is 9.90 Å². The van der Waals surface area contributed by atoms with Crippen LogP contribution in [-0.2, 0) is 17.8 Å². The number of aliphatic hydroxyl groups excluding tert-OH is 1. The second kappa shape index (κ2) is 8.02. The first-order valence-electron chi connectivity index (χ1n) is 8.77. The number of hydrogen-bond donors (Lipinski definition) is 1. The largest absolute Gasteiger partial charge is 0.395 e. The number of carbonyl (C=O) groups excluding carboxylic acids is 1. The molecule has 0 unspecified atom stereocenters. The molecule has 3 rings (SSSR count). The first-order valence-corrected chi connectivity index (χ1v) is 9.15.